The molecule has 8 heteroatoms. The van der Waals surface area contributed by atoms with Crippen LogP contribution in [-0.2, 0) is 14.3 Å². The molecule has 6 nitrogen and oxygen atoms in total. The number of hydrogen-bond donors (Lipinski definition) is 0. The van der Waals surface area contributed by atoms with Crippen molar-refractivity contribution in [2.45, 2.75) is 32.7 Å². The predicted molar refractivity (Wildman–Crippen MR) is 91.6 cm³/mol. The molecule has 0 N–H and O–H groups in total. The average molecular weight is 373 g/mol. The first-order valence-corrected chi connectivity index (χ1v) is 8.27. The van der Waals surface area contributed by atoms with Gasteiger partial charge in [0.15, 0.2) is 5.54 Å². The molecule has 0 aromatic heterocycles. The highest BCUT2D eigenvalue weighted by Crippen LogP contribution is 2.31. The first-order valence-electron chi connectivity index (χ1n) is 7.51. The molecule has 0 saturated heterocycles. The van der Waals surface area contributed by atoms with Crippen LogP contribution in [0.1, 0.15) is 27.2 Å². The third kappa shape index (κ3) is 3.65. The van der Waals surface area contributed by atoms with Crippen molar-refractivity contribution in [2.75, 3.05) is 13.2 Å². The summed E-state index contributed by atoms with van der Waals surface area (Å²) in [5.74, 6) is -0.907. The lowest BCUT2D eigenvalue weighted by Gasteiger charge is -2.30. The molecule has 0 bridgehead atoms. The number of hydrazone groups is 1. The van der Waals surface area contributed by atoms with E-state index in [1.165, 1.54) is 17.1 Å². The molecular weight excluding hydrogens is 355 g/mol. The fourth-order valence-corrected chi connectivity index (χ4v) is 2.87. The van der Waals surface area contributed by atoms with Crippen LogP contribution >= 0.6 is 23.2 Å². The van der Waals surface area contributed by atoms with Crippen molar-refractivity contribution in [3.8, 4) is 5.75 Å². The van der Waals surface area contributed by atoms with Crippen LogP contribution in [-0.4, -0.2) is 41.3 Å². The van der Waals surface area contributed by atoms with E-state index >= 15 is 0 Å². The maximum absolute atomic E-state index is 12.4. The fraction of sp³-hybridized carbons (Fsp3) is 0.438. The van der Waals surface area contributed by atoms with E-state index in [0.29, 0.717) is 11.6 Å². The lowest BCUT2D eigenvalue weighted by Crippen LogP contribution is -2.48. The van der Waals surface area contributed by atoms with Crippen LogP contribution in [0.4, 0.5) is 0 Å². The number of rotatable bonds is 5. The van der Waals surface area contributed by atoms with Crippen molar-refractivity contribution < 1.29 is 19.1 Å². The van der Waals surface area contributed by atoms with Crippen molar-refractivity contribution in [2.24, 2.45) is 5.10 Å². The molecule has 1 heterocycles. The molecule has 24 heavy (non-hydrogen) atoms. The maximum Gasteiger partial charge on any atom is 0.360 e. The third-order valence-corrected chi connectivity index (χ3v) is 4.20. The zero-order chi connectivity index (χ0) is 17.9. The van der Waals surface area contributed by atoms with Gasteiger partial charge in [0.1, 0.15) is 11.5 Å². The number of carbonyl (C=O) groups is 2. The molecule has 0 spiro atoms. The number of ether oxygens (including phenoxy) is 2. The highest BCUT2D eigenvalue weighted by molar-refractivity contribution is 6.39. The van der Waals surface area contributed by atoms with Crippen LogP contribution in [0.15, 0.2) is 23.3 Å². The molecule has 1 aliphatic heterocycles. The number of benzene rings is 1. The van der Waals surface area contributed by atoms with E-state index < -0.39 is 17.5 Å². The Hall–Kier alpha value is -1.79. The second-order valence-electron chi connectivity index (χ2n) is 5.40. The van der Waals surface area contributed by atoms with Gasteiger partial charge in [0.05, 0.1) is 11.6 Å². The average Bonchev–Trinajstić information content (AvgIpc) is 2.88. The van der Waals surface area contributed by atoms with Crippen LogP contribution in [0.2, 0.25) is 10.0 Å². The minimum Gasteiger partial charge on any atom is -0.464 e. The van der Waals surface area contributed by atoms with E-state index in [-0.39, 0.29) is 29.5 Å². The number of nitrogens with zero attached hydrogens (tertiary/aromatic N) is 2. The Kier molecular flexibility index (Phi) is 5.72. The largest absolute Gasteiger partial charge is 0.464 e. The summed E-state index contributed by atoms with van der Waals surface area (Å²) in [7, 11) is 0. The van der Waals surface area contributed by atoms with E-state index in [9.17, 15) is 9.59 Å². The first kappa shape index (κ1) is 18.5. The lowest BCUT2D eigenvalue weighted by atomic mass is 9.95. The maximum atomic E-state index is 12.4. The number of hydrogen-bond acceptors (Lipinski definition) is 6. The molecule has 2 rings (SSSR count). The second kappa shape index (κ2) is 7.40. The Morgan fingerprint density at radius 2 is 2.04 bits per heavy atom. The number of esters is 2. The van der Waals surface area contributed by atoms with Gasteiger partial charge in [-0.2, -0.15) is 5.10 Å². The van der Waals surface area contributed by atoms with E-state index in [1.54, 1.807) is 19.9 Å². The predicted octanol–water partition coefficient (Wildman–Crippen LogP) is 3.30. The Labute approximate surface area is 150 Å². The SMILES string of the molecule is CCOC(=O)C1(C)CC(C(=O)Oc2ccc(Cl)cc2Cl)=NN1CC. The van der Waals surface area contributed by atoms with Gasteiger partial charge < -0.3 is 9.47 Å². The highest BCUT2D eigenvalue weighted by Gasteiger charge is 2.47. The summed E-state index contributed by atoms with van der Waals surface area (Å²) in [6.07, 6.45) is 0.101. The van der Waals surface area contributed by atoms with Gasteiger partial charge in [-0.15, -0.1) is 0 Å². The molecule has 1 aromatic rings. The first-order chi connectivity index (χ1) is 11.3. The Bertz CT molecular complexity index is 693. The summed E-state index contributed by atoms with van der Waals surface area (Å²) < 4.78 is 10.4. The van der Waals surface area contributed by atoms with Crippen molar-refractivity contribution >= 4 is 40.9 Å². The molecule has 1 atom stereocenters. The summed E-state index contributed by atoms with van der Waals surface area (Å²) in [6, 6.07) is 4.54. The van der Waals surface area contributed by atoms with Gasteiger partial charge in [-0.05, 0) is 39.0 Å². The zero-order valence-corrected chi connectivity index (χ0v) is 15.1. The molecule has 1 aromatic carbocycles. The Morgan fingerprint density at radius 3 is 2.62 bits per heavy atom. The van der Waals surface area contributed by atoms with Gasteiger partial charge >= 0.3 is 11.9 Å². The van der Waals surface area contributed by atoms with E-state index in [4.69, 9.17) is 32.7 Å². The minimum atomic E-state index is -1.02. The molecule has 0 radical (unpaired) electrons. The monoisotopic (exact) mass is 372 g/mol. The van der Waals surface area contributed by atoms with E-state index in [2.05, 4.69) is 5.10 Å². The fourth-order valence-electron chi connectivity index (χ4n) is 2.42. The molecule has 0 amide bonds. The van der Waals surface area contributed by atoms with Gasteiger partial charge in [0.25, 0.3) is 0 Å². The van der Waals surface area contributed by atoms with Crippen LogP contribution < -0.4 is 4.74 Å². The van der Waals surface area contributed by atoms with Crippen LogP contribution in [0.5, 0.6) is 5.75 Å². The molecular formula is C16H18Cl2N2O4. The van der Waals surface area contributed by atoms with Gasteiger partial charge in [-0.25, -0.2) is 9.59 Å². The topological polar surface area (TPSA) is 68.2 Å². The normalized spacial score (nSPS) is 19.9. The van der Waals surface area contributed by atoms with Gasteiger partial charge in [0.2, 0.25) is 0 Å². The summed E-state index contributed by atoms with van der Waals surface area (Å²) in [5, 5.41) is 6.40. The van der Waals surface area contributed by atoms with Crippen molar-refractivity contribution in [3.05, 3.63) is 28.2 Å². The number of halogens is 2. The number of likely N-dealkylation sites (N-methyl/N-ethyl adjacent to an activating group) is 1. The van der Waals surface area contributed by atoms with Crippen molar-refractivity contribution in [1.29, 1.82) is 0 Å². The van der Waals surface area contributed by atoms with Crippen LogP contribution in [0, 0.1) is 0 Å². The Morgan fingerprint density at radius 1 is 1.33 bits per heavy atom. The van der Waals surface area contributed by atoms with Crippen LogP contribution in [0.25, 0.3) is 0 Å². The standard InChI is InChI=1S/C16H18Cl2N2O4/c1-4-20-16(3,15(22)23-5-2)9-12(19-20)14(21)24-13-7-6-10(17)8-11(13)18/h6-8H,4-5,9H2,1-3H3. The smallest absolute Gasteiger partial charge is 0.360 e. The molecule has 0 saturated carbocycles. The van der Waals surface area contributed by atoms with Crippen molar-refractivity contribution in [1.82, 2.24) is 5.01 Å². The lowest BCUT2D eigenvalue weighted by molar-refractivity contribution is -0.155. The quantitative estimate of drug-likeness (QED) is 0.585. The molecule has 1 unspecified atom stereocenters. The van der Waals surface area contributed by atoms with Gasteiger partial charge in [-0.1, -0.05) is 23.2 Å². The summed E-state index contributed by atoms with van der Waals surface area (Å²) in [5.41, 5.74) is -0.887. The minimum absolute atomic E-state index is 0.101. The highest BCUT2D eigenvalue weighted by atomic mass is 35.5. The zero-order valence-electron chi connectivity index (χ0n) is 13.6. The summed E-state index contributed by atoms with van der Waals surface area (Å²) in [4.78, 5) is 24.6. The molecule has 1 aliphatic rings. The molecule has 0 fully saturated rings. The summed E-state index contributed by atoms with van der Waals surface area (Å²) >= 11 is 11.8. The van der Waals surface area contributed by atoms with E-state index in [1.807, 2.05) is 6.92 Å². The van der Waals surface area contributed by atoms with Crippen molar-refractivity contribution in [3.63, 3.8) is 0 Å². The Balaban J connectivity index is 2.17. The van der Waals surface area contributed by atoms with E-state index in [0.717, 1.165) is 0 Å². The third-order valence-electron chi connectivity index (χ3n) is 3.67. The summed E-state index contributed by atoms with van der Waals surface area (Å²) in [6.45, 7) is 5.96. The molecule has 130 valence electrons. The second-order valence-corrected chi connectivity index (χ2v) is 6.24. The van der Waals surface area contributed by atoms with Crippen LogP contribution in [0.3, 0.4) is 0 Å². The number of carbonyl (C=O) groups excluding carboxylic acids is 2. The van der Waals surface area contributed by atoms with Gasteiger partial charge in [-0.3, -0.25) is 5.01 Å². The van der Waals surface area contributed by atoms with Gasteiger partial charge in [0, 0.05) is 18.0 Å². The molecule has 0 aliphatic carbocycles.